The molecule has 3 aromatic heterocycles. The van der Waals surface area contributed by atoms with Crippen LogP contribution in [0.15, 0.2) is 90.1 Å². The second-order valence-electron chi connectivity index (χ2n) is 8.60. The van der Waals surface area contributed by atoms with E-state index in [0.29, 0.717) is 22.2 Å². The third-order valence-electron chi connectivity index (χ3n) is 6.24. The molecule has 6 rings (SSSR count). The van der Waals surface area contributed by atoms with Gasteiger partial charge in [0.1, 0.15) is 5.69 Å². The van der Waals surface area contributed by atoms with Crippen LogP contribution in [0.5, 0.6) is 0 Å². The molecule has 0 atom stereocenters. The van der Waals surface area contributed by atoms with Crippen molar-refractivity contribution < 1.29 is 0 Å². The van der Waals surface area contributed by atoms with E-state index in [9.17, 15) is 4.79 Å². The summed E-state index contributed by atoms with van der Waals surface area (Å²) in [6, 6.07) is 21.5. The van der Waals surface area contributed by atoms with Crippen molar-refractivity contribution in [2.45, 2.75) is 6.92 Å². The van der Waals surface area contributed by atoms with Crippen LogP contribution in [0, 0.1) is 6.92 Å². The second kappa shape index (κ2) is 8.62. The molecule has 0 aliphatic rings. The fourth-order valence-electron chi connectivity index (χ4n) is 4.48. The lowest BCUT2D eigenvalue weighted by molar-refractivity contribution is 0.846. The SMILES string of the molecule is Cc1cccc(-c2nc(-c3cnccn3)[nH]c2-c2ccc3c(c2)n(C)c(=O)n3-c2ccccc2Cl)c1. The number of nitrogens with zero attached hydrogens (tertiary/aromatic N) is 5. The van der Waals surface area contributed by atoms with Crippen LogP contribution in [-0.4, -0.2) is 29.1 Å². The van der Waals surface area contributed by atoms with Crippen molar-refractivity contribution in [1.29, 1.82) is 0 Å². The highest BCUT2D eigenvalue weighted by Crippen LogP contribution is 2.34. The van der Waals surface area contributed by atoms with Gasteiger partial charge in [-0.05, 0) is 37.3 Å². The first-order valence-electron chi connectivity index (χ1n) is 11.4. The zero-order chi connectivity index (χ0) is 24.8. The molecule has 0 amide bonds. The van der Waals surface area contributed by atoms with Crippen LogP contribution in [0.4, 0.5) is 0 Å². The van der Waals surface area contributed by atoms with Gasteiger partial charge in [0.25, 0.3) is 0 Å². The number of aromatic nitrogens is 6. The van der Waals surface area contributed by atoms with Crippen molar-refractivity contribution in [1.82, 2.24) is 29.1 Å². The summed E-state index contributed by atoms with van der Waals surface area (Å²) in [7, 11) is 1.77. The lowest BCUT2D eigenvalue weighted by atomic mass is 10.0. The van der Waals surface area contributed by atoms with Crippen molar-refractivity contribution in [3.05, 3.63) is 106 Å². The highest BCUT2D eigenvalue weighted by atomic mass is 35.5. The minimum atomic E-state index is -0.168. The zero-order valence-electron chi connectivity index (χ0n) is 19.6. The number of aryl methyl sites for hydroxylation is 2. The first-order valence-corrected chi connectivity index (χ1v) is 11.8. The molecule has 0 fully saturated rings. The number of aromatic amines is 1. The first-order chi connectivity index (χ1) is 17.5. The molecule has 0 bridgehead atoms. The number of hydrogen-bond donors (Lipinski definition) is 1. The predicted molar refractivity (Wildman–Crippen MR) is 142 cm³/mol. The summed E-state index contributed by atoms with van der Waals surface area (Å²) in [5.41, 5.74) is 7.33. The molecule has 3 heterocycles. The van der Waals surface area contributed by atoms with Crippen LogP contribution in [0.3, 0.4) is 0 Å². The number of para-hydroxylation sites is 1. The van der Waals surface area contributed by atoms with Crippen LogP contribution >= 0.6 is 11.6 Å². The van der Waals surface area contributed by atoms with Gasteiger partial charge < -0.3 is 4.98 Å². The molecule has 36 heavy (non-hydrogen) atoms. The van der Waals surface area contributed by atoms with Gasteiger partial charge in [-0.1, -0.05) is 53.6 Å². The maximum absolute atomic E-state index is 13.2. The van der Waals surface area contributed by atoms with Gasteiger partial charge >= 0.3 is 5.69 Å². The summed E-state index contributed by atoms with van der Waals surface area (Å²) >= 11 is 6.44. The Morgan fingerprint density at radius 2 is 1.78 bits per heavy atom. The number of imidazole rings is 2. The van der Waals surface area contributed by atoms with Crippen molar-refractivity contribution in [2.75, 3.05) is 0 Å². The van der Waals surface area contributed by atoms with E-state index in [1.54, 1.807) is 40.8 Å². The van der Waals surface area contributed by atoms with Gasteiger partial charge in [0.2, 0.25) is 0 Å². The third kappa shape index (κ3) is 3.61. The largest absolute Gasteiger partial charge is 0.336 e. The number of hydrogen-bond acceptors (Lipinski definition) is 4. The molecule has 3 aromatic carbocycles. The monoisotopic (exact) mass is 492 g/mol. The highest BCUT2D eigenvalue weighted by Gasteiger charge is 2.19. The summed E-state index contributed by atoms with van der Waals surface area (Å²) in [6.45, 7) is 2.05. The van der Waals surface area contributed by atoms with E-state index in [0.717, 1.165) is 39.1 Å². The smallest absolute Gasteiger partial charge is 0.333 e. The number of halogens is 1. The normalized spacial score (nSPS) is 11.3. The van der Waals surface area contributed by atoms with Gasteiger partial charge in [0, 0.05) is 30.6 Å². The summed E-state index contributed by atoms with van der Waals surface area (Å²) in [5.74, 6) is 0.622. The number of nitrogens with one attached hydrogen (secondary N) is 1. The third-order valence-corrected chi connectivity index (χ3v) is 6.56. The molecule has 0 aliphatic carbocycles. The van der Waals surface area contributed by atoms with Gasteiger partial charge in [-0.3, -0.25) is 14.1 Å². The zero-order valence-corrected chi connectivity index (χ0v) is 20.4. The minimum Gasteiger partial charge on any atom is -0.336 e. The fraction of sp³-hybridized carbons (Fsp3) is 0.0714. The lowest BCUT2D eigenvalue weighted by Crippen LogP contribution is -2.21. The average molecular weight is 493 g/mol. The van der Waals surface area contributed by atoms with E-state index in [1.807, 2.05) is 48.5 Å². The average Bonchev–Trinajstić information content (AvgIpc) is 3.45. The van der Waals surface area contributed by atoms with Crippen molar-refractivity contribution in [3.63, 3.8) is 0 Å². The Kier molecular flexibility index (Phi) is 5.27. The van der Waals surface area contributed by atoms with E-state index in [4.69, 9.17) is 16.6 Å². The van der Waals surface area contributed by atoms with Crippen LogP contribution in [0.25, 0.3) is 50.8 Å². The Morgan fingerprint density at radius 3 is 2.56 bits per heavy atom. The maximum Gasteiger partial charge on any atom is 0.333 e. The van der Waals surface area contributed by atoms with E-state index < -0.39 is 0 Å². The van der Waals surface area contributed by atoms with E-state index in [-0.39, 0.29) is 5.69 Å². The maximum atomic E-state index is 13.2. The first kappa shape index (κ1) is 22.0. The molecule has 0 unspecified atom stereocenters. The molecular formula is C28H21ClN6O. The van der Waals surface area contributed by atoms with Crippen LogP contribution in [-0.2, 0) is 7.05 Å². The van der Waals surface area contributed by atoms with Gasteiger partial charge in [-0.15, -0.1) is 0 Å². The standard InChI is InChI=1S/C28H21ClN6O/c1-17-6-5-7-18(14-17)25-26(33-27(32-25)21-16-30-12-13-31-21)19-10-11-23-24(15-19)34(2)28(36)35(23)22-9-4-3-8-20(22)29/h3-16H,1-2H3,(H,32,33). The molecule has 7 nitrogen and oxygen atoms in total. The Balaban J connectivity index is 1.58. The molecule has 0 saturated heterocycles. The Labute approximate surface area is 211 Å². The second-order valence-corrected chi connectivity index (χ2v) is 9.01. The summed E-state index contributed by atoms with van der Waals surface area (Å²) in [5, 5.41) is 0.514. The van der Waals surface area contributed by atoms with Crippen LogP contribution < -0.4 is 5.69 Å². The van der Waals surface area contributed by atoms with Gasteiger partial charge in [0.15, 0.2) is 5.82 Å². The van der Waals surface area contributed by atoms with E-state index in [2.05, 4.69) is 34.0 Å². The molecule has 1 N–H and O–H groups in total. The van der Waals surface area contributed by atoms with Crippen molar-refractivity contribution in [3.8, 4) is 39.7 Å². The molecule has 0 radical (unpaired) electrons. The Morgan fingerprint density at radius 1 is 0.917 bits per heavy atom. The number of fused-ring (bicyclic) bond motifs is 1. The summed E-state index contributed by atoms with van der Waals surface area (Å²) in [6.07, 6.45) is 4.95. The quantitative estimate of drug-likeness (QED) is 0.337. The topological polar surface area (TPSA) is 81.4 Å². The van der Waals surface area contributed by atoms with E-state index in [1.165, 1.54) is 0 Å². The van der Waals surface area contributed by atoms with E-state index >= 15 is 0 Å². The number of H-pyrrole nitrogens is 1. The Bertz CT molecular complexity index is 1800. The molecule has 0 saturated carbocycles. The molecule has 8 heteroatoms. The summed E-state index contributed by atoms with van der Waals surface area (Å²) < 4.78 is 3.27. The van der Waals surface area contributed by atoms with Crippen molar-refractivity contribution in [2.24, 2.45) is 7.05 Å². The number of rotatable bonds is 4. The summed E-state index contributed by atoms with van der Waals surface area (Å²) in [4.78, 5) is 30.2. The molecule has 0 aliphatic heterocycles. The highest BCUT2D eigenvalue weighted by molar-refractivity contribution is 6.32. The van der Waals surface area contributed by atoms with Gasteiger partial charge in [0.05, 0.1) is 39.3 Å². The van der Waals surface area contributed by atoms with Crippen LogP contribution in [0.1, 0.15) is 5.56 Å². The van der Waals surface area contributed by atoms with Crippen LogP contribution in [0.2, 0.25) is 5.02 Å². The van der Waals surface area contributed by atoms with Crippen molar-refractivity contribution >= 4 is 22.6 Å². The molecular weight excluding hydrogens is 472 g/mol. The minimum absolute atomic E-state index is 0.168. The van der Waals surface area contributed by atoms with Gasteiger partial charge in [-0.25, -0.2) is 14.8 Å². The fourth-order valence-corrected chi connectivity index (χ4v) is 4.70. The number of benzene rings is 3. The Hall–Kier alpha value is -4.49. The predicted octanol–water partition coefficient (Wildman–Crippen LogP) is 5.81. The molecule has 176 valence electrons. The molecule has 6 aromatic rings. The van der Waals surface area contributed by atoms with Gasteiger partial charge in [-0.2, -0.15) is 0 Å². The lowest BCUT2D eigenvalue weighted by Gasteiger charge is -2.07. The molecule has 0 spiro atoms.